The molecule has 14 heavy (non-hydrogen) atoms. The van der Waals surface area contributed by atoms with Gasteiger partial charge in [0.05, 0.1) is 0 Å². The fraction of sp³-hybridized carbons (Fsp3) is 0. The van der Waals surface area contributed by atoms with E-state index in [-0.39, 0.29) is 0 Å². The maximum absolute atomic E-state index is 10.0. The number of hydrogen-bond donors (Lipinski definition) is 2. The van der Waals surface area contributed by atoms with Gasteiger partial charge in [-0.15, -0.1) is 0 Å². The third-order valence-corrected chi connectivity index (χ3v) is 2.05. The Kier molecular flexibility index (Phi) is 2.32. The van der Waals surface area contributed by atoms with Crippen molar-refractivity contribution in [2.24, 2.45) is 0 Å². The molecule has 1 aromatic heterocycles. The average Bonchev–Trinajstić information content (AvgIpc) is 2.63. The van der Waals surface area contributed by atoms with Crippen LogP contribution in [0, 0.1) is 0 Å². The van der Waals surface area contributed by atoms with Gasteiger partial charge in [0.1, 0.15) is 0 Å². The Morgan fingerprint density at radius 1 is 1.29 bits per heavy atom. The monoisotopic (exact) mass is 186 g/mol. The summed E-state index contributed by atoms with van der Waals surface area (Å²) in [4.78, 5) is 13.2. The minimum Gasteiger partial charge on any atom is -0.361 e. The molecule has 1 aromatic carbocycles. The number of benzene rings is 1. The van der Waals surface area contributed by atoms with Crippen molar-refractivity contribution in [3.8, 4) is 0 Å². The smallest absolute Gasteiger partial charge is 0.211 e. The van der Waals surface area contributed by atoms with Crippen LogP contribution in [0.3, 0.4) is 0 Å². The van der Waals surface area contributed by atoms with Crippen LogP contribution in [-0.4, -0.2) is 11.4 Å². The van der Waals surface area contributed by atoms with E-state index in [4.69, 9.17) is 0 Å². The van der Waals surface area contributed by atoms with E-state index in [1.807, 2.05) is 36.5 Å². The number of hydrogen-bond acceptors (Lipinski definition) is 1. The van der Waals surface area contributed by atoms with Crippen molar-refractivity contribution in [1.82, 2.24) is 10.3 Å². The number of carbonyl (C=O) groups excluding carboxylic acids is 1. The Morgan fingerprint density at radius 3 is 3.00 bits per heavy atom. The second kappa shape index (κ2) is 3.79. The summed E-state index contributed by atoms with van der Waals surface area (Å²) < 4.78 is 0. The molecule has 0 saturated heterocycles. The molecular formula is C11H10N2O. The molecule has 0 atom stereocenters. The molecule has 0 radical (unpaired) electrons. The second-order valence-electron chi connectivity index (χ2n) is 2.91. The predicted molar refractivity (Wildman–Crippen MR) is 56.5 cm³/mol. The maximum atomic E-state index is 10.0. The summed E-state index contributed by atoms with van der Waals surface area (Å²) in [6, 6.07) is 8.02. The molecule has 70 valence electrons. The Labute approximate surface area is 81.4 Å². The largest absolute Gasteiger partial charge is 0.361 e. The summed E-state index contributed by atoms with van der Waals surface area (Å²) in [6.07, 6.45) is 6.02. The second-order valence-corrected chi connectivity index (χ2v) is 2.91. The topological polar surface area (TPSA) is 44.9 Å². The van der Waals surface area contributed by atoms with Crippen molar-refractivity contribution >= 4 is 23.4 Å². The van der Waals surface area contributed by atoms with Crippen LogP contribution in [0.15, 0.2) is 36.7 Å². The van der Waals surface area contributed by atoms with Gasteiger partial charge in [0.25, 0.3) is 0 Å². The summed E-state index contributed by atoms with van der Waals surface area (Å²) in [6.45, 7) is 0. The van der Waals surface area contributed by atoms with Gasteiger partial charge in [0.15, 0.2) is 0 Å². The number of para-hydroxylation sites is 1. The van der Waals surface area contributed by atoms with Gasteiger partial charge in [-0.05, 0) is 12.1 Å². The molecule has 0 aliphatic carbocycles. The Balaban J connectivity index is 2.38. The SMILES string of the molecule is O=CN/C=C/c1c[nH]c2ccccc12. The van der Waals surface area contributed by atoms with Crippen LogP contribution < -0.4 is 5.32 Å². The number of amides is 1. The first kappa shape index (κ1) is 8.56. The highest BCUT2D eigenvalue weighted by Gasteiger charge is 1.97. The van der Waals surface area contributed by atoms with Crippen molar-refractivity contribution in [3.63, 3.8) is 0 Å². The lowest BCUT2D eigenvalue weighted by Crippen LogP contribution is -1.97. The highest BCUT2D eigenvalue weighted by molar-refractivity contribution is 5.88. The van der Waals surface area contributed by atoms with E-state index in [1.54, 1.807) is 6.20 Å². The predicted octanol–water partition coefficient (Wildman–Crippen LogP) is 1.88. The van der Waals surface area contributed by atoms with Crippen LogP contribution in [0.25, 0.3) is 17.0 Å². The number of aromatic amines is 1. The Bertz CT molecular complexity index is 471. The lowest BCUT2D eigenvalue weighted by molar-refractivity contribution is -0.108. The summed E-state index contributed by atoms with van der Waals surface area (Å²) >= 11 is 0. The fourth-order valence-electron chi connectivity index (χ4n) is 1.41. The minimum atomic E-state index is 0.644. The molecule has 3 heteroatoms. The highest BCUT2D eigenvalue weighted by Crippen LogP contribution is 2.18. The quantitative estimate of drug-likeness (QED) is 0.706. The van der Waals surface area contributed by atoms with Gasteiger partial charge < -0.3 is 10.3 Å². The van der Waals surface area contributed by atoms with Gasteiger partial charge >= 0.3 is 0 Å². The van der Waals surface area contributed by atoms with Crippen LogP contribution >= 0.6 is 0 Å². The van der Waals surface area contributed by atoms with E-state index in [0.717, 1.165) is 16.5 Å². The zero-order valence-electron chi connectivity index (χ0n) is 7.53. The zero-order valence-corrected chi connectivity index (χ0v) is 7.53. The first-order valence-electron chi connectivity index (χ1n) is 4.34. The molecule has 0 saturated carbocycles. The molecule has 0 unspecified atom stereocenters. The molecule has 0 spiro atoms. The van der Waals surface area contributed by atoms with Gasteiger partial charge in [0, 0.05) is 28.9 Å². The first-order valence-corrected chi connectivity index (χ1v) is 4.34. The number of aromatic nitrogens is 1. The summed E-state index contributed by atoms with van der Waals surface area (Å²) in [5, 5.41) is 3.63. The van der Waals surface area contributed by atoms with Crippen molar-refractivity contribution < 1.29 is 4.79 Å². The van der Waals surface area contributed by atoms with Gasteiger partial charge in [-0.2, -0.15) is 0 Å². The Morgan fingerprint density at radius 2 is 2.14 bits per heavy atom. The highest BCUT2D eigenvalue weighted by atomic mass is 16.1. The van der Waals surface area contributed by atoms with E-state index in [0.29, 0.717) is 6.41 Å². The van der Waals surface area contributed by atoms with E-state index in [1.165, 1.54) is 0 Å². The van der Waals surface area contributed by atoms with E-state index < -0.39 is 0 Å². The summed E-state index contributed by atoms with van der Waals surface area (Å²) in [7, 11) is 0. The van der Waals surface area contributed by atoms with Gasteiger partial charge in [-0.25, -0.2) is 0 Å². The lowest BCUT2D eigenvalue weighted by Gasteiger charge is -1.90. The molecule has 0 aliphatic rings. The molecular weight excluding hydrogens is 176 g/mol. The molecule has 0 bridgehead atoms. The molecule has 1 heterocycles. The normalized spacial score (nSPS) is 10.9. The minimum absolute atomic E-state index is 0.644. The van der Waals surface area contributed by atoms with Crippen molar-refractivity contribution in [2.45, 2.75) is 0 Å². The molecule has 2 N–H and O–H groups in total. The average molecular weight is 186 g/mol. The van der Waals surface area contributed by atoms with E-state index in [2.05, 4.69) is 10.3 Å². The summed E-state index contributed by atoms with van der Waals surface area (Å²) in [5.41, 5.74) is 2.16. The lowest BCUT2D eigenvalue weighted by atomic mass is 10.2. The zero-order chi connectivity index (χ0) is 9.80. The van der Waals surface area contributed by atoms with E-state index in [9.17, 15) is 4.79 Å². The van der Waals surface area contributed by atoms with Crippen molar-refractivity contribution in [1.29, 1.82) is 0 Å². The van der Waals surface area contributed by atoms with E-state index >= 15 is 0 Å². The molecule has 3 nitrogen and oxygen atoms in total. The Hall–Kier alpha value is -2.03. The van der Waals surface area contributed by atoms with Crippen LogP contribution in [0.5, 0.6) is 0 Å². The number of H-pyrrole nitrogens is 1. The molecule has 2 aromatic rings. The number of nitrogens with one attached hydrogen (secondary N) is 2. The first-order chi connectivity index (χ1) is 6.92. The van der Waals surface area contributed by atoms with Gasteiger partial charge in [-0.3, -0.25) is 4.79 Å². The van der Waals surface area contributed by atoms with Crippen LogP contribution in [0.1, 0.15) is 5.56 Å². The molecule has 0 fully saturated rings. The molecule has 0 aliphatic heterocycles. The van der Waals surface area contributed by atoms with Crippen LogP contribution in [0.4, 0.5) is 0 Å². The third-order valence-electron chi connectivity index (χ3n) is 2.05. The van der Waals surface area contributed by atoms with Gasteiger partial charge in [-0.1, -0.05) is 18.2 Å². The van der Waals surface area contributed by atoms with Gasteiger partial charge in [0.2, 0.25) is 6.41 Å². The number of fused-ring (bicyclic) bond motifs is 1. The summed E-state index contributed by atoms with van der Waals surface area (Å²) in [5.74, 6) is 0. The van der Waals surface area contributed by atoms with Crippen LogP contribution in [-0.2, 0) is 4.79 Å². The fourth-order valence-corrected chi connectivity index (χ4v) is 1.41. The van der Waals surface area contributed by atoms with Crippen LogP contribution in [0.2, 0.25) is 0 Å². The van der Waals surface area contributed by atoms with Crippen molar-refractivity contribution in [2.75, 3.05) is 0 Å². The van der Waals surface area contributed by atoms with Crippen molar-refractivity contribution in [3.05, 3.63) is 42.2 Å². The third kappa shape index (κ3) is 1.52. The number of rotatable bonds is 3. The number of carbonyl (C=O) groups is 1. The molecule has 2 rings (SSSR count). The standard InChI is InChI=1S/C11H10N2O/c14-8-12-6-5-9-7-13-11-4-2-1-3-10(9)11/h1-8,13H,(H,12,14)/b6-5+. The maximum Gasteiger partial charge on any atom is 0.211 e. The molecule has 1 amide bonds.